The molecule has 0 aromatic heterocycles. The molecule has 3 heteroatoms. The van der Waals surface area contributed by atoms with Crippen molar-refractivity contribution >= 4 is 0 Å². The van der Waals surface area contributed by atoms with Crippen LogP contribution >= 0.6 is 0 Å². The van der Waals surface area contributed by atoms with Crippen LogP contribution in [0.1, 0.15) is 30.8 Å². The lowest BCUT2D eigenvalue weighted by atomic mass is 10.1. The Kier molecular flexibility index (Phi) is 4.59. The van der Waals surface area contributed by atoms with Crippen molar-refractivity contribution in [2.75, 3.05) is 6.61 Å². The van der Waals surface area contributed by atoms with Gasteiger partial charge in [0, 0.05) is 18.7 Å². The van der Waals surface area contributed by atoms with E-state index in [0.29, 0.717) is 13.2 Å². The van der Waals surface area contributed by atoms with Gasteiger partial charge in [-0.3, -0.25) is 0 Å². The monoisotopic (exact) mass is 195 g/mol. The van der Waals surface area contributed by atoms with Crippen molar-refractivity contribution in [1.82, 2.24) is 0 Å². The molecule has 1 aromatic rings. The van der Waals surface area contributed by atoms with Crippen molar-refractivity contribution in [3.8, 4) is 0 Å². The maximum atomic E-state index is 9.61. The predicted molar refractivity (Wildman–Crippen MR) is 55.5 cm³/mol. The first-order chi connectivity index (χ1) is 6.77. The van der Waals surface area contributed by atoms with E-state index in [-0.39, 0.29) is 0 Å². The topological polar surface area (TPSA) is 55.5 Å². The van der Waals surface area contributed by atoms with Crippen LogP contribution in [0.25, 0.3) is 0 Å². The molecule has 1 unspecified atom stereocenters. The zero-order valence-electron chi connectivity index (χ0n) is 8.44. The first-order valence-corrected chi connectivity index (χ1v) is 4.86. The van der Waals surface area contributed by atoms with Gasteiger partial charge in [0.25, 0.3) is 0 Å². The summed E-state index contributed by atoms with van der Waals surface area (Å²) in [4.78, 5) is 0. The molecule has 0 spiro atoms. The normalized spacial score (nSPS) is 12.8. The highest BCUT2D eigenvalue weighted by atomic mass is 16.6. The van der Waals surface area contributed by atoms with Crippen molar-refractivity contribution < 1.29 is 9.84 Å². The van der Waals surface area contributed by atoms with E-state index in [1.54, 1.807) is 0 Å². The molecule has 1 rings (SSSR count). The number of rotatable bonds is 5. The Balaban J connectivity index is 2.64. The Morgan fingerprint density at radius 1 is 1.50 bits per heavy atom. The average molecular weight is 195 g/mol. The number of benzene rings is 1. The van der Waals surface area contributed by atoms with E-state index in [9.17, 15) is 5.11 Å². The molecule has 3 N–H and O–H groups in total. The third-order valence-corrected chi connectivity index (χ3v) is 1.95. The molecule has 1 atom stereocenters. The lowest BCUT2D eigenvalue weighted by molar-refractivity contribution is -0.102. The van der Waals surface area contributed by atoms with Gasteiger partial charge in [-0.1, -0.05) is 25.1 Å². The van der Waals surface area contributed by atoms with Crippen LogP contribution in [-0.4, -0.2) is 11.7 Å². The van der Waals surface area contributed by atoms with Gasteiger partial charge in [0.15, 0.2) is 6.29 Å². The van der Waals surface area contributed by atoms with Crippen LogP contribution in [0, 0.1) is 0 Å². The summed E-state index contributed by atoms with van der Waals surface area (Å²) in [6.07, 6.45) is 0.0645. The molecular formula is C11H17NO2. The van der Waals surface area contributed by atoms with Crippen molar-refractivity contribution in [3.63, 3.8) is 0 Å². The highest BCUT2D eigenvalue weighted by Crippen LogP contribution is 2.15. The summed E-state index contributed by atoms with van der Waals surface area (Å²) in [6, 6.07) is 7.49. The van der Waals surface area contributed by atoms with E-state index in [1.165, 1.54) is 0 Å². The Labute approximate surface area is 84.5 Å². The minimum absolute atomic E-state index is 0.480. The van der Waals surface area contributed by atoms with Crippen LogP contribution in [0.4, 0.5) is 0 Å². The van der Waals surface area contributed by atoms with Gasteiger partial charge in [-0.2, -0.15) is 0 Å². The van der Waals surface area contributed by atoms with Gasteiger partial charge in [-0.25, -0.2) is 0 Å². The Morgan fingerprint density at radius 3 is 2.93 bits per heavy atom. The molecule has 3 nitrogen and oxygen atoms in total. The first-order valence-electron chi connectivity index (χ1n) is 4.86. The maximum absolute atomic E-state index is 9.61. The minimum atomic E-state index is -0.832. The minimum Gasteiger partial charge on any atom is -0.364 e. The quantitative estimate of drug-likeness (QED) is 0.701. The Bertz CT molecular complexity index is 276. The molecule has 0 heterocycles. The average Bonchev–Trinajstić information content (AvgIpc) is 2.26. The number of ether oxygens (including phenoxy) is 1. The highest BCUT2D eigenvalue weighted by molar-refractivity contribution is 5.23. The van der Waals surface area contributed by atoms with E-state index in [4.69, 9.17) is 10.5 Å². The smallest absolute Gasteiger partial charge is 0.181 e. The van der Waals surface area contributed by atoms with E-state index in [1.807, 2.05) is 31.2 Å². The van der Waals surface area contributed by atoms with Gasteiger partial charge < -0.3 is 15.6 Å². The largest absolute Gasteiger partial charge is 0.364 e. The summed E-state index contributed by atoms with van der Waals surface area (Å²) in [7, 11) is 0. The number of aliphatic hydroxyl groups excluding tert-OH is 1. The molecule has 0 amide bonds. The first kappa shape index (κ1) is 11.2. The zero-order valence-corrected chi connectivity index (χ0v) is 8.44. The highest BCUT2D eigenvalue weighted by Gasteiger charge is 2.06. The van der Waals surface area contributed by atoms with Crippen LogP contribution in [0.2, 0.25) is 0 Å². The van der Waals surface area contributed by atoms with Crippen LogP contribution in [-0.2, 0) is 11.3 Å². The van der Waals surface area contributed by atoms with E-state index in [0.717, 1.165) is 17.5 Å². The summed E-state index contributed by atoms with van der Waals surface area (Å²) in [6.45, 7) is 3.05. The lowest BCUT2D eigenvalue weighted by Crippen LogP contribution is -2.05. The van der Waals surface area contributed by atoms with Crippen molar-refractivity contribution in [1.29, 1.82) is 0 Å². The molecule has 0 radical (unpaired) electrons. The molecule has 78 valence electrons. The molecule has 0 aliphatic heterocycles. The number of hydrogen-bond donors (Lipinski definition) is 2. The lowest BCUT2D eigenvalue weighted by Gasteiger charge is -2.12. The second-order valence-corrected chi connectivity index (χ2v) is 3.17. The van der Waals surface area contributed by atoms with Crippen LogP contribution in [0.3, 0.4) is 0 Å². The third kappa shape index (κ3) is 3.10. The molecule has 14 heavy (non-hydrogen) atoms. The van der Waals surface area contributed by atoms with E-state index >= 15 is 0 Å². The van der Waals surface area contributed by atoms with Crippen molar-refractivity contribution in [3.05, 3.63) is 35.4 Å². The fourth-order valence-electron chi connectivity index (χ4n) is 1.20. The number of aliphatic hydroxyl groups is 1. The molecule has 0 saturated carbocycles. The second kappa shape index (κ2) is 5.75. The second-order valence-electron chi connectivity index (χ2n) is 3.17. The number of nitrogens with two attached hydrogens (primary N) is 1. The van der Waals surface area contributed by atoms with Gasteiger partial charge in [0.1, 0.15) is 0 Å². The molecule has 0 fully saturated rings. The van der Waals surface area contributed by atoms with Crippen molar-refractivity contribution in [2.45, 2.75) is 26.2 Å². The van der Waals surface area contributed by atoms with Crippen molar-refractivity contribution in [2.24, 2.45) is 5.73 Å². The van der Waals surface area contributed by atoms with E-state index in [2.05, 4.69) is 0 Å². The van der Waals surface area contributed by atoms with Crippen LogP contribution in [0.15, 0.2) is 24.3 Å². The zero-order chi connectivity index (χ0) is 10.4. The standard InChI is InChI=1S/C11H17NO2/c1-2-6-14-11(13)10-5-3-4-9(7-10)8-12/h3-5,7,11,13H,2,6,8,12H2,1H3. The van der Waals surface area contributed by atoms with Crippen LogP contribution in [0.5, 0.6) is 0 Å². The third-order valence-electron chi connectivity index (χ3n) is 1.95. The summed E-state index contributed by atoms with van der Waals surface area (Å²) < 4.78 is 5.19. The molecule has 0 aliphatic rings. The van der Waals surface area contributed by atoms with Gasteiger partial charge in [0.2, 0.25) is 0 Å². The molecule has 0 aliphatic carbocycles. The van der Waals surface area contributed by atoms with E-state index < -0.39 is 6.29 Å². The molecular weight excluding hydrogens is 178 g/mol. The Hall–Kier alpha value is -0.900. The fraction of sp³-hybridized carbons (Fsp3) is 0.455. The van der Waals surface area contributed by atoms with Gasteiger partial charge in [-0.15, -0.1) is 0 Å². The SMILES string of the molecule is CCCOC(O)c1cccc(CN)c1. The van der Waals surface area contributed by atoms with Crippen LogP contribution < -0.4 is 5.73 Å². The molecule has 0 saturated heterocycles. The number of hydrogen-bond acceptors (Lipinski definition) is 3. The summed E-state index contributed by atoms with van der Waals surface area (Å²) in [5.41, 5.74) is 7.26. The Morgan fingerprint density at radius 2 is 2.29 bits per heavy atom. The summed E-state index contributed by atoms with van der Waals surface area (Å²) in [5, 5.41) is 9.61. The predicted octanol–water partition coefficient (Wildman–Crippen LogP) is 1.56. The van der Waals surface area contributed by atoms with Gasteiger partial charge >= 0.3 is 0 Å². The summed E-state index contributed by atoms with van der Waals surface area (Å²) in [5.74, 6) is 0. The fourth-order valence-corrected chi connectivity index (χ4v) is 1.20. The summed E-state index contributed by atoms with van der Waals surface area (Å²) >= 11 is 0. The van der Waals surface area contributed by atoms with Gasteiger partial charge in [-0.05, 0) is 18.1 Å². The molecule has 0 bridgehead atoms. The molecule has 1 aromatic carbocycles. The van der Waals surface area contributed by atoms with Gasteiger partial charge in [0.05, 0.1) is 0 Å². The maximum Gasteiger partial charge on any atom is 0.181 e.